The van der Waals surface area contributed by atoms with Gasteiger partial charge in [-0.15, -0.1) is 0 Å². The summed E-state index contributed by atoms with van der Waals surface area (Å²) in [5.41, 5.74) is 0.492. The molecule has 1 saturated heterocycles. The molecule has 2 aliphatic rings. The summed E-state index contributed by atoms with van der Waals surface area (Å²) < 4.78 is 28.3. The Bertz CT molecular complexity index is 1100. The topological polar surface area (TPSA) is 88.0 Å². The quantitative estimate of drug-likeness (QED) is 0.743. The number of carbonyl (C=O) groups excluding carboxylic acids is 2. The van der Waals surface area contributed by atoms with E-state index >= 15 is 0 Å². The molecule has 29 heavy (non-hydrogen) atoms. The molecule has 0 bridgehead atoms. The summed E-state index contributed by atoms with van der Waals surface area (Å²) in [6.07, 6.45) is 0. The van der Waals surface area contributed by atoms with Crippen LogP contribution in [0.3, 0.4) is 0 Å². The summed E-state index contributed by atoms with van der Waals surface area (Å²) in [5.74, 6) is -0.813. The van der Waals surface area contributed by atoms with E-state index in [0.717, 1.165) is 13.1 Å². The molecule has 1 aliphatic carbocycles. The fourth-order valence-electron chi connectivity index (χ4n) is 3.66. The van der Waals surface area contributed by atoms with Gasteiger partial charge in [-0.05, 0) is 12.1 Å². The molecule has 150 valence electrons. The van der Waals surface area contributed by atoms with Crippen LogP contribution in [-0.2, 0) is 10.0 Å². The molecular formula is C21H22N3O4S+. The summed E-state index contributed by atoms with van der Waals surface area (Å²) in [5, 5.41) is 0. The number of fused-ring (bicyclic) bond motifs is 1. The van der Waals surface area contributed by atoms with Crippen molar-refractivity contribution in [3.05, 3.63) is 77.1 Å². The van der Waals surface area contributed by atoms with Crippen molar-refractivity contribution in [1.82, 2.24) is 9.62 Å². The maximum Gasteiger partial charge on any atom is 0.262 e. The second kappa shape index (κ2) is 7.46. The third-order valence-corrected chi connectivity index (χ3v) is 6.68. The molecule has 4 rings (SSSR count). The van der Waals surface area contributed by atoms with Crippen molar-refractivity contribution in [2.24, 2.45) is 0 Å². The van der Waals surface area contributed by atoms with Crippen LogP contribution in [0.1, 0.15) is 20.7 Å². The zero-order chi connectivity index (χ0) is 20.6. The van der Waals surface area contributed by atoms with Gasteiger partial charge in [0.15, 0.2) is 0 Å². The molecule has 0 radical (unpaired) electrons. The monoisotopic (exact) mass is 412 g/mol. The second-order valence-corrected chi connectivity index (χ2v) is 8.97. The summed E-state index contributed by atoms with van der Waals surface area (Å²) in [6.45, 7) is 2.73. The molecule has 0 aromatic heterocycles. The number of ketones is 2. The van der Waals surface area contributed by atoms with Crippen LogP contribution in [-0.4, -0.2) is 58.1 Å². The molecule has 0 spiro atoms. The van der Waals surface area contributed by atoms with Gasteiger partial charge in [0.1, 0.15) is 11.4 Å². The smallest absolute Gasteiger partial charge is 0.262 e. The SMILES string of the molecule is C[NH+]1CCN(C2=C(NS(=O)(=O)c3ccccc3)C(=O)c3ccccc3C2=O)CC1. The first-order valence-corrected chi connectivity index (χ1v) is 10.9. The molecule has 1 heterocycles. The normalized spacial score (nSPS) is 18.0. The highest BCUT2D eigenvalue weighted by Crippen LogP contribution is 2.28. The Hall–Kier alpha value is -2.97. The minimum atomic E-state index is -4.01. The van der Waals surface area contributed by atoms with Gasteiger partial charge in [0, 0.05) is 11.1 Å². The number of nitrogens with one attached hydrogen (secondary N) is 2. The Morgan fingerprint density at radius 1 is 0.862 bits per heavy atom. The van der Waals surface area contributed by atoms with Gasteiger partial charge in [0.2, 0.25) is 11.6 Å². The van der Waals surface area contributed by atoms with Crippen molar-refractivity contribution in [3.8, 4) is 0 Å². The Kier molecular flexibility index (Phi) is 4.97. The van der Waals surface area contributed by atoms with E-state index in [2.05, 4.69) is 11.8 Å². The number of carbonyl (C=O) groups is 2. The van der Waals surface area contributed by atoms with Crippen LogP contribution in [0.4, 0.5) is 0 Å². The first kappa shape index (κ1) is 19.4. The van der Waals surface area contributed by atoms with Gasteiger partial charge in [-0.25, -0.2) is 8.42 Å². The van der Waals surface area contributed by atoms with Crippen LogP contribution in [0.2, 0.25) is 0 Å². The summed E-state index contributed by atoms with van der Waals surface area (Å²) in [7, 11) is -1.95. The van der Waals surface area contributed by atoms with Crippen LogP contribution in [0, 0.1) is 0 Å². The second-order valence-electron chi connectivity index (χ2n) is 7.29. The van der Waals surface area contributed by atoms with E-state index in [1.807, 2.05) is 4.90 Å². The number of quaternary nitrogens is 1. The summed E-state index contributed by atoms with van der Waals surface area (Å²) >= 11 is 0. The molecule has 7 nitrogen and oxygen atoms in total. The Morgan fingerprint density at radius 2 is 1.41 bits per heavy atom. The van der Waals surface area contributed by atoms with Gasteiger partial charge in [0.05, 0.1) is 38.1 Å². The first-order valence-electron chi connectivity index (χ1n) is 9.45. The van der Waals surface area contributed by atoms with Crippen LogP contribution in [0.25, 0.3) is 0 Å². The zero-order valence-corrected chi connectivity index (χ0v) is 16.8. The standard InChI is InChI=1S/C21H21N3O4S/c1-23-11-13-24(14-12-23)19-18(22-29(27,28)15-7-3-2-4-8-15)20(25)16-9-5-6-10-17(16)21(19)26/h2-10,22H,11-14H2,1H3/p+1. The fourth-order valence-corrected chi connectivity index (χ4v) is 4.76. The van der Waals surface area contributed by atoms with Crippen molar-refractivity contribution in [3.63, 3.8) is 0 Å². The minimum absolute atomic E-state index is 0.0359. The number of hydrogen-bond donors (Lipinski definition) is 2. The highest BCUT2D eigenvalue weighted by atomic mass is 32.2. The number of piperazine rings is 1. The lowest BCUT2D eigenvalue weighted by Crippen LogP contribution is -3.11. The number of hydrogen-bond acceptors (Lipinski definition) is 5. The number of sulfonamides is 1. The molecule has 0 amide bonds. The van der Waals surface area contributed by atoms with E-state index in [-0.39, 0.29) is 27.6 Å². The van der Waals surface area contributed by atoms with Crippen molar-refractivity contribution < 1.29 is 22.9 Å². The molecule has 1 aliphatic heterocycles. The van der Waals surface area contributed by atoms with Crippen molar-refractivity contribution in [2.75, 3.05) is 33.2 Å². The van der Waals surface area contributed by atoms with Gasteiger partial charge < -0.3 is 9.80 Å². The van der Waals surface area contributed by atoms with Crippen LogP contribution >= 0.6 is 0 Å². The van der Waals surface area contributed by atoms with E-state index in [1.54, 1.807) is 42.5 Å². The van der Waals surface area contributed by atoms with Crippen molar-refractivity contribution in [1.29, 1.82) is 0 Å². The molecule has 1 fully saturated rings. The third kappa shape index (κ3) is 3.56. The lowest BCUT2D eigenvalue weighted by Gasteiger charge is -2.35. The van der Waals surface area contributed by atoms with Crippen LogP contribution in [0.15, 0.2) is 70.9 Å². The molecule has 2 N–H and O–H groups in total. The zero-order valence-electron chi connectivity index (χ0n) is 16.0. The van der Waals surface area contributed by atoms with Crippen molar-refractivity contribution in [2.45, 2.75) is 4.90 Å². The number of rotatable bonds is 4. The van der Waals surface area contributed by atoms with E-state index in [1.165, 1.54) is 17.0 Å². The average Bonchev–Trinajstić information content (AvgIpc) is 2.73. The highest BCUT2D eigenvalue weighted by molar-refractivity contribution is 7.89. The lowest BCUT2D eigenvalue weighted by atomic mass is 9.90. The van der Waals surface area contributed by atoms with Gasteiger partial charge in [-0.1, -0.05) is 42.5 Å². The van der Waals surface area contributed by atoms with E-state index in [0.29, 0.717) is 18.7 Å². The van der Waals surface area contributed by atoms with E-state index in [9.17, 15) is 18.0 Å². The van der Waals surface area contributed by atoms with Gasteiger partial charge in [0.25, 0.3) is 10.0 Å². The number of benzene rings is 2. The number of nitrogens with zero attached hydrogens (tertiary/aromatic N) is 1. The predicted octanol–water partition coefficient (Wildman–Crippen LogP) is 0.0860. The molecule has 2 aromatic rings. The Balaban J connectivity index is 1.82. The number of allylic oxidation sites excluding steroid dienone is 2. The number of likely N-dealkylation sites (N-methyl/N-ethyl adjacent to an activating group) is 1. The average molecular weight is 412 g/mol. The van der Waals surface area contributed by atoms with E-state index in [4.69, 9.17) is 0 Å². The lowest BCUT2D eigenvalue weighted by molar-refractivity contribution is -0.883. The predicted molar refractivity (Wildman–Crippen MR) is 107 cm³/mol. The highest BCUT2D eigenvalue weighted by Gasteiger charge is 2.38. The minimum Gasteiger partial charge on any atom is -0.355 e. The van der Waals surface area contributed by atoms with E-state index < -0.39 is 15.8 Å². The third-order valence-electron chi connectivity index (χ3n) is 5.32. The van der Waals surface area contributed by atoms with Gasteiger partial charge in [-0.3, -0.25) is 14.3 Å². The van der Waals surface area contributed by atoms with Crippen LogP contribution in [0.5, 0.6) is 0 Å². The Morgan fingerprint density at radius 3 is 2.03 bits per heavy atom. The molecule has 0 unspecified atom stereocenters. The molecule has 0 saturated carbocycles. The summed E-state index contributed by atoms with van der Waals surface area (Å²) in [6, 6.07) is 14.4. The maximum absolute atomic E-state index is 13.3. The largest absolute Gasteiger partial charge is 0.355 e. The molecular weight excluding hydrogens is 390 g/mol. The Labute approximate surface area is 169 Å². The molecule has 2 aromatic carbocycles. The summed E-state index contributed by atoms with van der Waals surface area (Å²) in [4.78, 5) is 29.7. The number of Topliss-reactive ketones (excluding diaryl/α,β-unsaturated/α-hetero) is 2. The molecule has 0 atom stereocenters. The van der Waals surface area contributed by atoms with Gasteiger partial charge >= 0.3 is 0 Å². The van der Waals surface area contributed by atoms with Crippen molar-refractivity contribution >= 4 is 21.6 Å². The maximum atomic E-state index is 13.3. The first-order chi connectivity index (χ1) is 13.9. The van der Waals surface area contributed by atoms with Gasteiger partial charge in [-0.2, -0.15) is 0 Å². The fraction of sp³-hybridized carbons (Fsp3) is 0.238. The van der Waals surface area contributed by atoms with Crippen LogP contribution < -0.4 is 9.62 Å². The molecule has 8 heteroatoms.